The van der Waals surface area contributed by atoms with Crippen molar-refractivity contribution in [3.63, 3.8) is 0 Å². The fraction of sp³-hybridized carbons (Fsp3) is 0.125. The van der Waals surface area contributed by atoms with Crippen molar-refractivity contribution in [3.8, 4) is 0 Å². The molecule has 0 aliphatic heterocycles. The van der Waals surface area contributed by atoms with E-state index in [2.05, 4.69) is 0 Å². The van der Waals surface area contributed by atoms with Gasteiger partial charge in [0.2, 0.25) is 5.91 Å². The molecule has 0 heterocycles. The Kier molecular flexibility index (Phi) is 4.23. The summed E-state index contributed by atoms with van der Waals surface area (Å²) in [6.07, 6.45) is 0. The summed E-state index contributed by atoms with van der Waals surface area (Å²) in [6.45, 7) is 1.95. The zero-order chi connectivity index (χ0) is 15.4. The lowest BCUT2D eigenvalue weighted by Gasteiger charge is -2.09. The molecule has 2 rings (SSSR count). The van der Waals surface area contributed by atoms with Gasteiger partial charge in [0.15, 0.2) is 0 Å². The van der Waals surface area contributed by atoms with Crippen LogP contribution in [0.4, 0.5) is 5.69 Å². The Labute approximate surface area is 122 Å². The molecule has 0 spiro atoms. The van der Waals surface area contributed by atoms with Crippen molar-refractivity contribution in [2.45, 2.75) is 13.5 Å². The number of benzene rings is 2. The molecule has 0 aromatic heterocycles. The first-order valence-corrected chi connectivity index (χ1v) is 6.39. The number of carbonyl (C=O) groups excluding carboxylic acids is 2. The first-order chi connectivity index (χ1) is 9.97. The van der Waals surface area contributed by atoms with Crippen molar-refractivity contribution in [2.24, 2.45) is 5.73 Å². The zero-order valence-corrected chi connectivity index (χ0v) is 11.6. The van der Waals surface area contributed by atoms with Gasteiger partial charge in [0.25, 0.3) is 0 Å². The molecule has 5 nitrogen and oxygen atoms in total. The molecule has 0 bridgehead atoms. The first-order valence-electron chi connectivity index (χ1n) is 6.39. The first kappa shape index (κ1) is 14.6. The van der Waals surface area contributed by atoms with Gasteiger partial charge >= 0.3 is 5.97 Å². The number of ether oxygens (including phenoxy) is 1. The zero-order valence-electron chi connectivity index (χ0n) is 11.6. The second-order valence-corrected chi connectivity index (χ2v) is 4.71. The van der Waals surface area contributed by atoms with Gasteiger partial charge in [0, 0.05) is 11.3 Å². The normalized spacial score (nSPS) is 10.1. The SMILES string of the molecule is Cc1cc(C(N)=O)ccc1COC(=O)c1cccc(N)c1. The van der Waals surface area contributed by atoms with E-state index >= 15 is 0 Å². The van der Waals surface area contributed by atoms with Crippen molar-refractivity contribution in [1.82, 2.24) is 0 Å². The summed E-state index contributed by atoms with van der Waals surface area (Å²) in [4.78, 5) is 23.0. The molecular formula is C16H16N2O3. The molecule has 0 aliphatic carbocycles. The summed E-state index contributed by atoms with van der Waals surface area (Å²) in [5.41, 5.74) is 13.8. The molecule has 5 heteroatoms. The standard InChI is InChI=1S/C16H16N2O3/c1-10-7-11(15(18)19)5-6-13(10)9-21-16(20)12-3-2-4-14(17)8-12/h2-8H,9,17H2,1H3,(H2,18,19). The van der Waals surface area contributed by atoms with Crippen molar-refractivity contribution < 1.29 is 14.3 Å². The third-order valence-corrected chi connectivity index (χ3v) is 3.11. The number of hydrogen-bond acceptors (Lipinski definition) is 4. The van der Waals surface area contributed by atoms with Gasteiger partial charge in [0.05, 0.1) is 5.56 Å². The van der Waals surface area contributed by atoms with E-state index in [0.717, 1.165) is 11.1 Å². The van der Waals surface area contributed by atoms with Crippen LogP contribution in [-0.2, 0) is 11.3 Å². The average molecular weight is 284 g/mol. The summed E-state index contributed by atoms with van der Waals surface area (Å²) in [7, 11) is 0. The number of amides is 1. The van der Waals surface area contributed by atoms with E-state index in [1.807, 2.05) is 6.92 Å². The Morgan fingerprint density at radius 2 is 1.86 bits per heavy atom. The molecule has 0 atom stereocenters. The monoisotopic (exact) mass is 284 g/mol. The summed E-state index contributed by atoms with van der Waals surface area (Å²) in [5.74, 6) is -0.929. The average Bonchev–Trinajstić information content (AvgIpc) is 2.45. The molecule has 2 aromatic carbocycles. The predicted octanol–water partition coefficient (Wildman–Crippen LogP) is 2.03. The third kappa shape index (κ3) is 3.60. The number of nitrogens with two attached hydrogens (primary N) is 2. The van der Waals surface area contributed by atoms with Gasteiger partial charge in [-0.2, -0.15) is 0 Å². The van der Waals surface area contributed by atoms with E-state index in [9.17, 15) is 9.59 Å². The minimum absolute atomic E-state index is 0.124. The van der Waals surface area contributed by atoms with Crippen molar-refractivity contribution in [2.75, 3.05) is 5.73 Å². The van der Waals surface area contributed by atoms with Gasteiger partial charge < -0.3 is 16.2 Å². The lowest BCUT2D eigenvalue weighted by atomic mass is 10.1. The Morgan fingerprint density at radius 1 is 1.10 bits per heavy atom. The van der Waals surface area contributed by atoms with Crippen LogP contribution in [0, 0.1) is 6.92 Å². The van der Waals surface area contributed by atoms with Crippen LogP contribution in [0.5, 0.6) is 0 Å². The molecule has 0 unspecified atom stereocenters. The number of esters is 1. The third-order valence-electron chi connectivity index (χ3n) is 3.11. The van der Waals surface area contributed by atoms with E-state index in [4.69, 9.17) is 16.2 Å². The van der Waals surface area contributed by atoms with E-state index in [0.29, 0.717) is 16.8 Å². The van der Waals surface area contributed by atoms with E-state index in [-0.39, 0.29) is 6.61 Å². The molecule has 4 N–H and O–H groups in total. The van der Waals surface area contributed by atoms with Crippen molar-refractivity contribution >= 4 is 17.6 Å². The molecule has 0 saturated heterocycles. The molecule has 0 fully saturated rings. The van der Waals surface area contributed by atoms with Crippen LogP contribution < -0.4 is 11.5 Å². The number of rotatable bonds is 4. The van der Waals surface area contributed by atoms with Gasteiger partial charge in [-0.05, 0) is 48.4 Å². The van der Waals surface area contributed by atoms with Crippen LogP contribution in [0.3, 0.4) is 0 Å². The fourth-order valence-corrected chi connectivity index (χ4v) is 1.90. The number of primary amides is 1. The topological polar surface area (TPSA) is 95.4 Å². The Morgan fingerprint density at radius 3 is 2.48 bits per heavy atom. The predicted molar refractivity (Wildman–Crippen MR) is 79.7 cm³/mol. The Bertz CT molecular complexity index is 696. The van der Waals surface area contributed by atoms with E-state index < -0.39 is 11.9 Å². The molecular weight excluding hydrogens is 268 g/mol. The van der Waals surface area contributed by atoms with Crippen molar-refractivity contribution in [3.05, 3.63) is 64.7 Å². The highest BCUT2D eigenvalue weighted by Crippen LogP contribution is 2.14. The highest BCUT2D eigenvalue weighted by molar-refractivity contribution is 5.93. The van der Waals surface area contributed by atoms with Crippen LogP contribution in [0.1, 0.15) is 31.8 Å². The summed E-state index contributed by atoms with van der Waals surface area (Å²) < 4.78 is 5.24. The van der Waals surface area contributed by atoms with Crippen molar-refractivity contribution in [1.29, 1.82) is 0 Å². The smallest absolute Gasteiger partial charge is 0.338 e. The number of anilines is 1. The lowest BCUT2D eigenvalue weighted by Crippen LogP contribution is -2.12. The molecule has 0 saturated carbocycles. The van der Waals surface area contributed by atoms with Gasteiger partial charge in [-0.3, -0.25) is 4.79 Å². The van der Waals surface area contributed by atoms with Crippen LogP contribution in [0.15, 0.2) is 42.5 Å². The summed E-state index contributed by atoms with van der Waals surface area (Å²) in [6, 6.07) is 11.6. The number of hydrogen-bond donors (Lipinski definition) is 2. The second kappa shape index (κ2) is 6.09. The van der Waals surface area contributed by atoms with E-state index in [1.165, 1.54) is 0 Å². The molecule has 0 radical (unpaired) electrons. The minimum Gasteiger partial charge on any atom is -0.457 e. The maximum Gasteiger partial charge on any atom is 0.338 e. The number of carbonyl (C=O) groups is 2. The lowest BCUT2D eigenvalue weighted by molar-refractivity contribution is 0.0472. The maximum absolute atomic E-state index is 11.9. The minimum atomic E-state index is -0.485. The number of nitrogen functional groups attached to an aromatic ring is 1. The second-order valence-electron chi connectivity index (χ2n) is 4.71. The maximum atomic E-state index is 11.9. The van der Waals surface area contributed by atoms with Gasteiger partial charge in [0.1, 0.15) is 6.61 Å². The fourth-order valence-electron chi connectivity index (χ4n) is 1.90. The van der Waals surface area contributed by atoms with Crippen LogP contribution >= 0.6 is 0 Å². The Balaban J connectivity index is 2.06. The molecule has 2 aromatic rings. The van der Waals surface area contributed by atoms with Crippen LogP contribution in [-0.4, -0.2) is 11.9 Å². The molecule has 1 amide bonds. The van der Waals surface area contributed by atoms with Crippen LogP contribution in [0.2, 0.25) is 0 Å². The van der Waals surface area contributed by atoms with Gasteiger partial charge in [-0.25, -0.2) is 4.79 Å². The Hall–Kier alpha value is -2.82. The molecule has 108 valence electrons. The quantitative estimate of drug-likeness (QED) is 0.663. The highest BCUT2D eigenvalue weighted by Gasteiger charge is 2.09. The summed E-state index contributed by atoms with van der Waals surface area (Å²) in [5, 5.41) is 0. The molecule has 21 heavy (non-hydrogen) atoms. The van der Waals surface area contributed by atoms with Gasteiger partial charge in [-0.15, -0.1) is 0 Å². The van der Waals surface area contributed by atoms with E-state index in [1.54, 1.807) is 42.5 Å². The highest BCUT2D eigenvalue weighted by atomic mass is 16.5. The largest absolute Gasteiger partial charge is 0.457 e. The molecule has 0 aliphatic rings. The number of aryl methyl sites for hydroxylation is 1. The summed E-state index contributed by atoms with van der Waals surface area (Å²) >= 11 is 0. The van der Waals surface area contributed by atoms with Gasteiger partial charge in [-0.1, -0.05) is 12.1 Å². The van der Waals surface area contributed by atoms with Crippen LogP contribution in [0.25, 0.3) is 0 Å².